The van der Waals surface area contributed by atoms with Crippen molar-refractivity contribution < 1.29 is 9.53 Å². The summed E-state index contributed by atoms with van der Waals surface area (Å²) in [6.07, 6.45) is 0. The molecule has 0 bridgehead atoms. The van der Waals surface area contributed by atoms with E-state index in [1.165, 1.54) is 11.8 Å². The van der Waals surface area contributed by atoms with Gasteiger partial charge in [-0.25, -0.2) is 0 Å². The zero-order valence-electron chi connectivity index (χ0n) is 16.4. The summed E-state index contributed by atoms with van der Waals surface area (Å²) in [6, 6.07) is 17.2. The average molecular weight is 397 g/mol. The summed E-state index contributed by atoms with van der Waals surface area (Å²) in [4.78, 5) is 12.9. The molecule has 3 rings (SSSR count). The molecule has 0 fully saturated rings. The minimum Gasteiger partial charge on any atom is -0.497 e. The number of nitrogens with one attached hydrogen (secondary N) is 1. The lowest BCUT2D eigenvalue weighted by Gasteiger charge is -2.19. The molecule has 0 spiro atoms. The number of rotatable bonds is 7. The lowest BCUT2D eigenvalue weighted by molar-refractivity contribution is -0.116. The van der Waals surface area contributed by atoms with Gasteiger partial charge in [0.05, 0.1) is 12.4 Å². The Labute approximate surface area is 169 Å². The van der Waals surface area contributed by atoms with Crippen LogP contribution in [0.3, 0.4) is 0 Å². The standard InChI is InChI=1S/C21H24N4O2S/c1-14(2)18(20(26)22-16-10-12-17(27-4)13-11-16)28-21-24-23-19(25(21)3)15-8-6-5-7-9-15/h5-14,18H,1-4H3,(H,22,26). The monoisotopic (exact) mass is 396 g/mol. The van der Waals surface area contributed by atoms with Crippen molar-refractivity contribution in [3.63, 3.8) is 0 Å². The van der Waals surface area contributed by atoms with E-state index in [4.69, 9.17) is 4.74 Å². The first-order valence-corrected chi connectivity index (χ1v) is 9.94. The first-order valence-electron chi connectivity index (χ1n) is 9.06. The van der Waals surface area contributed by atoms with Gasteiger partial charge in [-0.05, 0) is 30.2 Å². The summed E-state index contributed by atoms with van der Waals surface area (Å²) >= 11 is 1.43. The Morgan fingerprint density at radius 3 is 2.36 bits per heavy atom. The summed E-state index contributed by atoms with van der Waals surface area (Å²) in [5, 5.41) is 12.0. The van der Waals surface area contributed by atoms with Crippen molar-refractivity contribution in [3.05, 3.63) is 54.6 Å². The molecular weight excluding hydrogens is 372 g/mol. The highest BCUT2D eigenvalue weighted by molar-refractivity contribution is 8.00. The number of hydrogen-bond acceptors (Lipinski definition) is 5. The van der Waals surface area contributed by atoms with E-state index < -0.39 is 0 Å². The van der Waals surface area contributed by atoms with Gasteiger partial charge in [-0.15, -0.1) is 10.2 Å². The van der Waals surface area contributed by atoms with E-state index in [1.807, 2.05) is 80.1 Å². The molecule has 1 aromatic heterocycles. The van der Waals surface area contributed by atoms with Crippen LogP contribution in [0.25, 0.3) is 11.4 Å². The number of thioether (sulfide) groups is 1. The van der Waals surface area contributed by atoms with Crippen LogP contribution in [0.15, 0.2) is 59.8 Å². The van der Waals surface area contributed by atoms with Gasteiger partial charge < -0.3 is 14.6 Å². The Kier molecular flexibility index (Phi) is 6.36. The minimum atomic E-state index is -0.298. The Balaban J connectivity index is 1.76. The zero-order chi connectivity index (χ0) is 20.1. The second-order valence-electron chi connectivity index (χ2n) is 6.73. The third kappa shape index (κ3) is 4.54. The van der Waals surface area contributed by atoms with Crippen molar-refractivity contribution in [2.45, 2.75) is 24.3 Å². The molecule has 2 aromatic carbocycles. The molecule has 28 heavy (non-hydrogen) atoms. The molecule has 1 atom stereocenters. The molecule has 3 aromatic rings. The second kappa shape index (κ2) is 8.93. The molecule has 0 aliphatic heterocycles. The number of aromatic nitrogens is 3. The smallest absolute Gasteiger partial charge is 0.238 e. The Morgan fingerprint density at radius 1 is 1.07 bits per heavy atom. The van der Waals surface area contributed by atoms with Crippen LogP contribution >= 0.6 is 11.8 Å². The number of anilines is 1. The van der Waals surface area contributed by atoms with Gasteiger partial charge in [-0.2, -0.15) is 0 Å². The normalized spacial score (nSPS) is 12.0. The van der Waals surface area contributed by atoms with E-state index in [0.29, 0.717) is 5.16 Å². The largest absolute Gasteiger partial charge is 0.497 e. The fraction of sp³-hybridized carbons (Fsp3) is 0.286. The van der Waals surface area contributed by atoms with Crippen molar-refractivity contribution in [2.75, 3.05) is 12.4 Å². The Morgan fingerprint density at radius 2 is 1.75 bits per heavy atom. The molecule has 7 heteroatoms. The number of hydrogen-bond donors (Lipinski definition) is 1. The van der Waals surface area contributed by atoms with Crippen LogP contribution in [0.1, 0.15) is 13.8 Å². The zero-order valence-corrected chi connectivity index (χ0v) is 17.2. The topological polar surface area (TPSA) is 69.0 Å². The number of methoxy groups -OCH3 is 1. The van der Waals surface area contributed by atoms with E-state index in [0.717, 1.165) is 22.8 Å². The fourth-order valence-corrected chi connectivity index (χ4v) is 3.75. The van der Waals surface area contributed by atoms with Crippen molar-refractivity contribution in [3.8, 4) is 17.1 Å². The molecular formula is C21H24N4O2S. The van der Waals surface area contributed by atoms with Crippen molar-refractivity contribution in [1.29, 1.82) is 0 Å². The maximum absolute atomic E-state index is 12.9. The minimum absolute atomic E-state index is 0.0607. The highest BCUT2D eigenvalue weighted by atomic mass is 32.2. The number of carbonyl (C=O) groups is 1. The summed E-state index contributed by atoms with van der Waals surface area (Å²) in [5.74, 6) is 1.59. The summed E-state index contributed by atoms with van der Waals surface area (Å²) in [7, 11) is 3.53. The molecule has 1 N–H and O–H groups in total. The van der Waals surface area contributed by atoms with Gasteiger partial charge in [0.25, 0.3) is 0 Å². The quantitative estimate of drug-likeness (QED) is 0.605. The van der Waals surface area contributed by atoms with Crippen LogP contribution in [0, 0.1) is 5.92 Å². The average Bonchev–Trinajstić information content (AvgIpc) is 3.07. The summed E-state index contributed by atoms with van der Waals surface area (Å²) in [6.45, 7) is 4.06. The van der Waals surface area contributed by atoms with E-state index in [2.05, 4.69) is 15.5 Å². The number of carbonyl (C=O) groups excluding carboxylic acids is 1. The van der Waals surface area contributed by atoms with Crippen LogP contribution in [-0.4, -0.2) is 33.0 Å². The Bertz CT molecular complexity index is 923. The van der Waals surface area contributed by atoms with Gasteiger partial charge in [-0.1, -0.05) is 55.9 Å². The molecule has 1 heterocycles. The molecule has 0 saturated carbocycles. The maximum Gasteiger partial charge on any atom is 0.238 e. The molecule has 0 aliphatic carbocycles. The fourth-order valence-electron chi connectivity index (χ4n) is 2.75. The Hall–Kier alpha value is -2.80. The van der Waals surface area contributed by atoms with Crippen LogP contribution in [0.4, 0.5) is 5.69 Å². The predicted molar refractivity (Wildman–Crippen MR) is 113 cm³/mol. The van der Waals surface area contributed by atoms with Crippen molar-refractivity contribution in [2.24, 2.45) is 13.0 Å². The number of ether oxygens (including phenoxy) is 1. The van der Waals surface area contributed by atoms with Crippen LogP contribution in [0.5, 0.6) is 5.75 Å². The van der Waals surface area contributed by atoms with Crippen LogP contribution in [0.2, 0.25) is 0 Å². The van der Waals surface area contributed by atoms with Gasteiger partial charge >= 0.3 is 0 Å². The highest BCUT2D eigenvalue weighted by Gasteiger charge is 2.26. The molecule has 1 amide bonds. The van der Waals surface area contributed by atoms with E-state index in [9.17, 15) is 4.79 Å². The van der Waals surface area contributed by atoms with E-state index in [1.54, 1.807) is 7.11 Å². The van der Waals surface area contributed by atoms with Gasteiger partial charge in [0.2, 0.25) is 5.91 Å². The first kappa shape index (κ1) is 19.9. The van der Waals surface area contributed by atoms with Gasteiger partial charge in [0, 0.05) is 18.3 Å². The highest BCUT2D eigenvalue weighted by Crippen LogP contribution is 2.30. The number of nitrogens with zero attached hydrogens (tertiary/aromatic N) is 3. The van der Waals surface area contributed by atoms with Crippen molar-refractivity contribution in [1.82, 2.24) is 14.8 Å². The molecule has 0 saturated heterocycles. The second-order valence-corrected chi connectivity index (χ2v) is 7.84. The third-order valence-corrected chi connectivity index (χ3v) is 5.90. The lowest BCUT2D eigenvalue weighted by Crippen LogP contribution is -2.30. The molecule has 0 radical (unpaired) electrons. The van der Waals surface area contributed by atoms with E-state index in [-0.39, 0.29) is 17.1 Å². The van der Waals surface area contributed by atoms with Crippen LogP contribution in [-0.2, 0) is 11.8 Å². The van der Waals surface area contributed by atoms with Gasteiger partial charge in [-0.3, -0.25) is 4.79 Å². The predicted octanol–water partition coefficient (Wildman–Crippen LogP) is 4.25. The third-order valence-electron chi connectivity index (χ3n) is 4.32. The first-order chi connectivity index (χ1) is 13.5. The van der Waals surface area contributed by atoms with Gasteiger partial charge in [0.1, 0.15) is 5.75 Å². The molecule has 0 aliphatic rings. The number of amides is 1. The number of benzene rings is 2. The van der Waals surface area contributed by atoms with Crippen LogP contribution < -0.4 is 10.1 Å². The molecule has 146 valence electrons. The molecule has 6 nitrogen and oxygen atoms in total. The lowest BCUT2D eigenvalue weighted by atomic mass is 10.1. The maximum atomic E-state index is 12.9. The summed E-state index contributed by atoms with van der Waals surface area (Å²) < 4.78 is 7.08. The SMILES string of the molecule is COc1ccc(NC(=O)C(Sc2nnc(-c3ccccc3)n2C)C(C)C)cc1. The van der Waals surface area contributed by atoms with E-state index >= 15 is 0 Å². The molecule has 1 unspecified atom stereocenters. The van der Waals surface area contributed by atoms with Gasteiger partial charge in [0.15, 0.2) is 11.0 Å². The summed E-state index contributed by atoms with van der Waals surface area (Å²) in [5.41, 5.74) is 1.73. The van der Waals surface area contributed by atoms with Crippen molar-refractivity contribution >= 4 is 23.4 Å².